The van der Waals surface area contributed by atoms with Gasteiger partial charge >= 0.3 is 0 Å². The molecule has 0 unspecified atom stereocenters. The molecule has 0 bridgehead atoms. The van der Waals surface area contributed by atoms with Gasteiger partial charge in [-0.1, -0.05) is 29.8 Å². The van der Waals surface area contributed by atoms with Gasteiger partial charge in [-0.3, -0.25) is 9.79 Å². The monoisotopic (exact) mass is 516 g/mol. The molecular weight excluding hydrogens is 491 g/mol. The van der Waals surface area contributed by atoms with Crippen molar-refractivity contribution >= 4 is 53.1 Å². The molecule has 0 aliphatic rings. The fourth-order valence-electron chi connectivity index (χ4n) is 2.42. The number of hydrogen-bond acceptors (Lipinski definition) is 3. The average molecular weight is 517 g/mol. The van der Waals surface area contributed by atoms with Crippen LogP contribution in [0.4, 0.5) is 5.69 Å². The first-order valence-corrected chi connectivity index (χ1v) is 9.03. The van der Waals surface area contributed by atoms with Crippen molar-refractivity contribution in [2.75, 3.05) is 26.0 Å². The Morgan fingerprint density at radius 1 is 1.18 bits per heavy atom. The molecule has 0 saturated carbocycles. The summed E-state index contributed by atoms with van der Waals surface area (Å²) in [6, 6.07) is 13.3. The van der Waals surface area contributed by atoms with Crippen molar-refractivity contribution < 1.29 is 9.53 Å². The number of anilines is 1. The quantitative estimate of drug-likeness (QED) is 0.296. The molecule has 0 radical (unpaired) electrons. The number of aryl methyl sites for hydroxylation is 1. The SMILES string of the molecule is CN=C(NCCC(=O)Nc1ccc(C)cc1Cl)NCc1cccc(OC)c1.I. The second-order valence-corrected chi connectivity index (χ2v) is 6.39. The lowest BCUT2D eigenvalue weighted by Gasteiger charge is -2.13. The van der Waals surface area contributed by atoms with E-state index < -0.39 is 0 Å². The molecule has 2 aromatic rings. The summed E-state index contributed by atoms with van der Waals surface area (Å²) < 4.78 is 5.22. The highest BCUT2D eigenvalue weighted by atomic mass is 127. The van der Waals surface area contributed by atoms with Crippen LogP contribution in [0.25, 0.3) is 0 Å². The maximum absolute atomic E-state index is 12.1. The van der Waals surface area contributed by atoms with E-state index in [2.05, 4.69) is 20.9 Å². The van der Waals surface area contributed by atoms with E-state index in [1.807, 2.05) is 43.3 Å². The normalized spacial score (nSPS) is 10.6. The number of guanidine groups is 1. The van der Waals surface area contributed by atoms with Gasteiger partial charge in [0, 0.05) is 26.6 Å². The van der Waals surface area contributed by atoms with Gasteiger partial charge in [-0.2, -0.15) is 0 Å². The lowest BCUT2D eigenvalue weighted by atomic mass is 10.2. The molecule has 0 aliphatic carbocycles. The van der Waals surface area contributed by atoms with Crippen LogP contribution in [0, 0.1) is 6.92 Å². The van der Waals surface area contributed by atoms with Gasteiger partial charge in [0.2, 0.25) is 5.91 Å². The van der Waals surface area contributed by atoms with E-state index in [9.17, 15) is 4.79 Å². The first kappa shape index (κ1) is 24.0. The van der Waals surface area contributed by atoms with Gasteiger partial charge in [-0.05, 0) is 42.3 Å². The minimum Gasteiger partial charge on any atom is -0.497 e. The number of ether oxygens (including phenoxy) is 1. The van der Waals surface area contributed by atoms with Gasteiger partial charge < -0.3 is 20.7 Å². The molecule has 28 heavy (non-hydrogen) atoms. The fourth-order valence-corrected chi connectivity index (χ4v) is 2.70. The highest BCUT2D eigenvalue weighted by Crippen LogP contribution is 2.22. The van der Waals surface area contributed by atoms with Gasteiger partial charge in [0.25, 0.3) is 0 Å². The largest absolute Gasteiger partial charge is 0.497 e. The lowest BCUT2D eigenvalue weighted by molar-refractivity contribution is -0.116. The second-order valence-electron chi connectivity index (χ2n) is 5.99. The van der Waals surface area contributed by atoms with Gasteiger partial charge in [-0.15, -0.1) is 24.0 Å². The Labute approximate surface area is 188 Å². The molecule has 0 aliphatic heterocycles. The van der Waals surface area contributed by atoms with Crippen LogP contribution in [0.3, 0.4) is 0 Å². The van der Waals surface area contributed by atoms with Crippen LogP contribution < -0.4 is 20.7 Å². The van der Waals surface area contributed by atoms with Crippen molar-refractivity contribution in [3.8, 4) is 5.75 Å². The number of carbonyl (C=O) groups excluding carboxylic acids is 1. The zero-order chi connectivity index (χ0) is 19.6. The van der Waals surface area contributed by atoms with Gasteiger partial charge in [-0.25, -0.2) is 0 Å². The number of amides is 1. The third kappa shape index (κ3) is 7.93. The van der Waals surface area contributed by atoms with Crippen LogP contribution in [-0.2, 0) is 11.3 Å². The minimum atomic E-state index is -0.114. The molecule has 2 rings (SSSR count). The maximum Gasteiger partial charge on any atom is 0.226 e. The van der Waals surface area contributed by atoms with E-state index in [1.54, 1.807) is 20.2 Å². The van der Waals surface area contributed by atoms with Crippen LogP contribution in [0.15, 0.2) is 47.5 Å². The summed E-state index contributed by atoms with van der Waals surface area (Å²) in [5.41, 5.74) is 2.74. The zero-order valence-corrected chi connectivity index (χ0v) is 19.3. The van der Waals surface area contributed by atoms with Crippen LogP contribution >= 0.6 is 35.6 Å². The number of carbonyl (C=O) groups is 1. The van der Waals surface area contributed by atoms with Crippen LogP contribution in [-0.4, -0.2) is 32.6 Å². The number of benzene rings is 2. The molecule has 0 atom stereocenters. The highest BCUT2D eigenvalue weighted by molar-refractivity contribution is 14.0. The van der Waals surface area contributed by atoms with Crippen LogP contribution in [0.1, 0.15) is 17.5 Å². The third-order valence-electron chi connectivity index (χ3n) is 3.86. The zero-order valence-electron chi connectivity index (χ0n) is 16.2. The molecule has 0 heterocycles. The topological polar surface area (TPSA) is 74.8 Å². The Balaban J connectivity index is 0.00000392. The third-order valence-corrected chi connectivity index (χ3v) is 4.17. The number of aliphatic imine (C=N–C) groups is 1. The fraction of sp³-hybridized carbons (Fsp3) is 0.300. The Bertz CT molecular complexity index is 815. The van der Waals surface area contributed by atoms with E-state index in [0.29, 0.717) is 36.2 Å². The summed E-state index contributed by atoms with van der Waals surface area (Å²) in [6.07, 6.45) is 0.296. The smallest absolute Gasteiger partial charge is 0.226 e. The van der Waals surface area contributed by atoms with E-state index in [0.717, 1.165) is 16.9 Å². The molecular formula is C20H26ClIN4O2. The van der Waals surface area contributed by atoms with Crippen molar-refractivity contribution in [2.45, 2.75) is 19.9 Å². The average Bonchev–Trinajstić information content (AvgIpc) is 2.67. The maximum atomic E-state index is 12.1. The minimum absolute atomic E-state index is 0. The molecule has 3 N–H and O–H groups in total. The Hall–Kier alpha value is -2.00. The molecule has 0 aromatic heterocycles. The lowest BCUT2D eigenvalue weighted by Crippen LogP contribution is -2.38. The Morgan fingerprint density at radius 2 is 1.96 bits per heavy atom. The summed E-state index contributed by atoms with van der Waals surface area (Å²) in [7, 11) is 3.33. The summed E-state index contributed by atoms with van der Waals surface area (Å²) in [5.74, 6) is 1.32. The number of nitrogens with one attached hydrogen (secondary N) is 3. The molecule has 0 saturated heterocycles. The van der Waals surface area contributed by atoms with E-state index in [-0.39, 0.29) is 29.9 Å². The van der Waals surface area contributed by atoms with E-state index in [4.69, 9.17) is 16.3 Å². The van der Waals surface area contributed by atoms with E-state index in [1.165, 1.54) is 0 Å². The van der Waals surface area contributed by atoms with Gasteiger partial charge in [0.05, 0.1) is 17.8 Å². The summed E-state index contributed by atoms with van der Waals surface area (Å²) >= 11 is 6.13. The number of methoxy groups -OCH3 is 1. The Kier molecular flexibility index (Phi) is 10.7. The van der Waals surface area contributed by atoms with Crippen molar-refractivity contribution in [3.63, 3.8) is 0 Å². The predicted molar refractivity (Wildman–Crippen MR) is 126 cm³/mol. The number of hydrogen-bond donors (Lipinski definition) is 3. The number of rotatable bonds is 7. The summed E-state index contributed by atoms with van der Waals surface area (Å²) in [6.45, 7) is 3.00. The van der Waals surface area contributed by atoms with Crippen molar-refractivity contribution in [3.05, 3.63) is 58.6 Å². The second kappa shape index (κ2) is 12.5. The first-order chi connectivity index (χ1) is 13.0. The van der Waals surface area contributed by atoms with Crippen molar-refractivity contribution in [2.24, 2.45) is 4.99 Å². The Morgan fingerprint density at radius 3 is 2.64 bits per heavy atom. The first-order valence-electron chi connectivity index (χ1n) is 8.65. The molecule has 1 amide bonds. The molecule has 0 fully saturated rings. The molecule has 8 heteroatoms. The van der Waals surface area contributed by atoms with Crippen molar-refractivity contribution in [1.29, 1.82) is 0 Å². The highest BCUT2D eigenvalue weighted by Gasteiger charge is 2.07. The molecule has 2 aromatic carbocycles. The number of halogens is 2. The standard InChI is InChI=1S/C20H25ClN4O2.HI/c1-14-7-8-18(17(21)11-14)25-19(26)9-10-23-20(22-2)24-13-15-5-4-6-16(12-15)27-3;/h4-8,11-12H,9-10,13H2,1-3H3,(H,25,26)(H2,22,23,24);1H. The van der Waals surface area contributed by atoms with Crippen LogP contribution in [0.5, 0.6) is 5.75 Å². The molecule has 6 nitrogen and oxygen atoms in total. The van der Waals surface area contributed by atoms with Crippen molar-refractivity contribution in [1.82, 2.24) is 10.6 Å². The summed E-state index contributed by atoms with van der Waals surface area (Å²) in [4.78, 5) is 16.2. The van der Waals surface area contributed by atoms with Gasteiger partial charge in [0.1, 0.15) is 5.75 Å². The number of nitrogens with zero attached hydrogens (tertiary/aromatic N) is 1. The molecule has 152 valence electrons. The van der Waals surface area contributed by atoms with E-state index >= 15 is 0 Å². The van der Waals surface area contributed by atoms with Crippen LogP contribution in [0.2, 0.25) is 5.02 Å². The summed E-state index contributed by atoms with van der Waals surface area (Å²) in [5, 5.41) is 9.68. The molecule has 0 spiro atoms. The predicted octanol–water partition coefficient (Wildman–Crippen LogP) is 3.97. The van der Waals surface area contributed by atoms with Gasteiger partial charge in [0.15, 0.2) is 5.96 Å².